The summed E-state index contributed by atoms with van der Waals surface area (Å²) in [6.07, 6.45) is -3.73. The molecule has 154 valence electrons. The highest BCUT2D eigenvalue weighted by Crippen LogP contribution is 2.36. The van der Waals surface area contributed by atoms with Gasteiger partial charge in [0, 0.05) is 37.5 Å². The third-order valence-electron chi connectivity index (χ3n) is 5.12. The highest BCUT2D eigenvalue weighted by Gasteiger charge is 2.35. The molecule has 1 fully saturated rings. The first-order chi connectivity index (χ1) is 13.1. The summed E-state index contributed by atoms with van der Waals surface area (Å²) in [6, 6.07) is 4.79. The molecule has 1 aromatic heterocycles. The normalized spacial score (nSPS) is 17.8. The van der Waals surface area contributed by atoms with Crippen LogP contribution in [-0.2, 0) is 6.54 Å². The van der Waals surface area contributed by atoms with Crippen molar-refractivity contribution < 1.29 is 26.7 Å². The fraction of sp³-hybridized carbons (Fsp3) is 0.526. The van der Waals surface area contributed by atoms with Crippen LogP contribution in [0, 0.1) is 5.92 Å². The summed E-state index contributed by atoms with van der Waals surface area (Å²) in [4.78, 5) is 12.6. The highest BCUT2D eigenvalue weighted by molar-refractivity contribution is 6.36. The molecular formula is C19H20ClF5N2O. The lowest BCUT2D eigenvalue weighted by Crippen LogP contribution is -2.33. The van der Waals surface area contributed by atoms with Gasteiger partial charge in [0.2, 0.25) is 5.92 Å². The van der Waals surface area contributed by atoms with Crippen molar-refractivity contribution in [3.05, 3.63) is 35.0 Å². The largest absolute Gasteiger partial charge is 0.390 e. The quantitative estimate of drug-likeness (QED) is 0.607. The van der Waals surface area contributed by atoms with E-state index in [0.29, 0.717) is 23.7 Å². The number of benzene rings is 1. The summed E-state index contributed by atoms with van der Waals surface area (Å²) >= 11 is 6.19. The summed E-state index contributed by atoms with van der Waals surface area (Å²) in [6.45, 7) is -0.0834. The van der Waals surface area contributed by atoms with E-state index in [1.54, 1.807) is 18.2 Å². The third kappa shape index (κ3) is 4.96. The van der Waals surface area contributed by atoms with Crippen LogP contribution in [0.1, 0.15) is 42.5 Å². The second kappa shape index (κ2) is 7.89. The predicted octanol–water partition coefficient (Wildman–Crippen LogP) is 5.80. The Bertz CT molecular complexity index is 852. The maximum atomic E-state index is 13.2. The molecular weight excluding hydrogens is 403 g/mol. The molecule has 3 rings (SSSR count). The Morgan fingerprint density at radius 1 is 1.25 bits per heavy atom. The average molecular weight is 423 g/mol. The zero-order valence-electron chi connectivity index (χ0n) is 15.0. The molecule has 1 aliphatic rings. The minimum atomic E-state index is -4.32. The van der Waals surface area contributed by atoms with Gasteiger partial charge in [0.1, 0.15) is 0 Å². The highest BCUT2D eigenvalue weighted by atomic mass is 35.5. The van der Waals surface area contributed by atoms with Crippen molar-refractivity contribution in [3.8, 4) is 0 Å². The van der Waals surface area contributed by atoms with Crippen LogP contribution in [0.25, 0.3) is 10.9 Å². The van der Waals surface area contributed by atoms with E-state index in [0.717, 1.165) is 0 Å². The lowest BCUT2D eigenvalue weighted by atomic mass is 9.87. The average Bonchev–Trinajstić information content (AvgIpc) is 2.98. The van der Waals surface area contributed by atoms with E-state index in [4.69, 9.17) is 11.6 Å². The van der Waals surface area contributed by atoms with Gasteiger partial charge in [-0.15, -0.1) is 0 Å². The lowest BCUT2D eigenvalue weighted by molar-refractivity contribution is -0.136. The standard InChI is InChI=1S/C19H20ClF5N2O/c20-14-2-1-3-15-16(14)13(11-27(15)9-8-19(23,24)25)17(28)26-10-12-4-6-18(21,22)7-5-12/h1-3,11-12H,4-10H2,(H,26,28). The van der Waals surface area contributed by atoms with E-state index < -0.39 is 24.4 Å². The number of carbonyl (C=O) groups excluding carboxylic acids is 1. The first kappa shape index (κ1) is 20.9. The summed E-state index contributed by atoms with van der Waals surface area (Å²) in [5.74, 6) is -3.15. The first-order valence-corrected chi connectivity index (χ1v) is 9.44. The number of fused-ring (bicyclic) bond motifs is 1. The van der Waals surface area contributed by atoms with Gasteiger partial charge in [-0.1, -0.05) is 17.7 Å². The van der Waals surface area contributed by atoms with E-state index in [2.05, 4.69) is 5.32 Å². The number of nitrogens with one attached hydrogen (secondary N) is 1. The summed E-state index contributed by atoms with van der Waals surface area (Å²) < 4.78 is 65.6. The Labute approximate surface area is 163 Å². The Kier molecular flexibility index (Phi) is 5.89. The van der Waals surface area contributed by atoms with E-state index >= 15 is 0 Å². The number of halogens is 6. The first-order valence-electron chi connectivity index (χ1n) is 9.06. The van der Waals surface area contributed by atoms with Gasteiger partial charge in [0.25, 0.3) is 5.91 Å². The molecule has 1 saturated carbocycles. The Morgan fingerprint density at radius 3 is 2.57 bits per heavy atom. The second-order valence-electron chi connectivity index (χ2n) is 7.24. The zero-order chi connectivity index (χ0) is 20.5. The van der Waals surface area contributed by atoms with Crippen LogP contribution < -0.4 is 5.32 Å². The van der Waals surface area contributed by atoms with Crippen LogP contribution in [-0.4, -0.2) is 29.1 Å². The summed E-state index contributed by atoms with van der Waals surface area (Å²) in [7, 11) is 0. The maximum Gasteiger partial charge on any atom is 0.390 e. The van der Waals surface area contributed by atoms with Crippen LogP contribution in [0.3, 0.4) is 0 Å². The molecule has 2 aromatic rings. The number of alkyl halides is 5. The van der Waals surface area contributed by atoms with Crippen molar-refractivity contribution in [2.24, 2.45) is 5.92 Å². The molecule has 0 saturated heterocycles. The van der Waals surface area contributed by atoms with Crippen molar-refractivity contribution in [2.75, 3.05) is 6.54 Å². The Hall–Kier alpha value is -1.83. The maximum absolute atomic E-state index is 13.2. The van der Waals surface area contributed by atoms with Crippen LogP contribution in [0.15, 0.2) is 24.4 Å². The molecule has 3 nitrogen and oxygen atoms in total. The fourth-order valence-electron chi connectivity index (χ4n) is 3.55. The minimum absolute atomic E-state index is 0.0439. The van der Waals surface area contributed by atoms with Crippen LogP contribution in [0.4, 0.5) is 22.0 Å². The molecule has 1 heterocycles. The number of amides is 1. The third-order valence-corrected chi connectivity index (χ3v) is 5.44. The zero-order valence-corrected chi connectivity index (χ0v) is 15.7. The molecule has 0 aliphatic heterocycles. The van der Waals surface area contributed by atoms with Gasteiger partial charge >= 0.3 is 6.18 Å². The SMILES string of the molecule is O=C(NCC1CCC(F)(F)CC1)c1cn(CCC(F)(F)F)c2cccc(Cl)c12. The van der Waals surface area contributed by atoms with Crippen molar-refractivity contribution in [1.82, 2.24) is 9.88 Å². The van der Waals surface area contributed by atoms with E-state index in [-0.39, 0.29) is 42.4 Å². The minimum Gasteiger partial charge on any atom is -0.352 e. The number of rotatable bonds is 5. The molecule has 1 N–H and O–H groups in total. The summed E-state index contributed by atoms with van der Waals surface area (Å²) in [5, 5.41) is 3.38. The van der Waals surface area contributed by atoms with E-state index in [1.807, 2.05) is 0 Å². The predicted molar refractivity (Wildman–Crippen MR) is 96.9 cm³/mol. The van der Waals surface area contributed by atoms with Gasteiger partial charge in [0.05, 0.1) is 22.5 Å². The summed E-state index contributed by atoms with van der Waals surface area (Å²) in [5.41, 5.74) is 0.628. The molecule has 1 aliphatic carbocycles. The molecule has 0 spiro atoms. The molecule has 0 atom stereocenters. The Balaban J connectivity index is 1.75. The monoisotopic (exact) mass is 422 g/mol. The molecule has 0 radical (unpaired) electrons. The molecule has 9 heteroatoms. The van der Waals surface area contributed by atoms with Gasteiger partial charge < -0.3 is 9.88 Å². The van der Waals surface area contributed by atoms with Crippen molar-refractivity contribution in [3.63, 3.8) is 0 Å². The second-order valence-corrected chi connectivity index (χ2v) is 7.65. The Morgan fingerprint density at radius 2 is 1.93 bits per heavy atom. The number of carbonyl (C=O) groups is 1. The van der Waals surface area contributed by atoms with Gasteiger partial charge in [-0.3, -0.25) is 4.79 Å². The van der Waals surface area contributed by atoms with E-state index in [9.17, 15) is 26.7 Å². The van der Waals surface area contributed by atoms with Crippen molar-refractivity contribution >= 4 is 28.4 Å². The van der Waals surface area contributed by atoms with Gasteiger partial charge in [-0.05, 0) is 30.9 Å². The molecule has 1 aromatic carbocycles. The van der Waals surface area contributed by atoms with Crippen LogP contribution >= 0.6 is 11.6 Å². The number of aryl methyl sites for hydroxylation is 1. The van der Waals surface area contributed by atoms with Gasteiger partial charge in [-0.2, -0.15) is 13.2 Å². The molecule has 0 unspecified atom stereocenters. The number of aromatic nitrogens is 1. The van der Waals surface area contributed by atoms with Gasteiger partial charge in [0.15, 0.2) is 0 Å². The topological polar surface area (TPSA) is 34.0 Å². The molecule has 1 amide bonds. The molecule has 28 heavy (non-hydrogen) atoms. The van der Waals surface area contributed by atoms with Crippen LogP contribution in [0.2, 0.25) is 5.02 Å². The number of hydrogen-bond acceptors (Lipinski definition) is 1. The van der Waals surface area contributed by atoms with Gasteiger partial charge in [-0.25, -0.2) is 8.78 Å². The molecule has 0 bridgehead atoms. The number of hydrogen-bond donors (Lipinski definition) is 1. The fourth-order valence-corrected chi connectivity index (χ4v) is 3.82. The lowest BCUT2D eigenvalue weighted by Gasteiger charge is -2.28. The van der Waals surface area contributed by atoms with E-state index in [1.165, 1.54) is 10.8 Å². The van der Waals surface area contributed by atoms with Crippen LogP contribution in [0.5, 0.6) is 0 Å². The van der Waals surface area contributed by atoms with Crippen molar-refractivity contribution in [1.29, 1.82) is 0 Å². The van der Waals surface area contributed by atoms with Crippen molar-refractivity contribution in [2.45, 2.75) is 50.7 Å². The number of nitrogens with zero attached hydrogens (tertiary/aromatic N) is 1. The smallest absolute Gasteiger partial charge is 0.352 e.